The van der Waals surface area contributed by atoms with Crippen LogP contribution >= 0.6 is 0 Å². The number of unbranched alkanes of at least 4 members (excludes halogenated alkanes) is 2. The number of aromatic nitrogens is 2. The summed E-state index contributed by atoms with van der Waals surface area (Å²) in [7, 11) is 0. The minimum atomic E-state index is 0. The van der Waals surface area contributed by atoms with Gasteiger partial charge in [0.15, 0.2) is 0 Å². The van der Waals surface area contributed by atoms with Crippen LogP contribution in [0.15, 0.2) is 60.7 Å². The van der Waals surface area contributed by atoms with Gasteiger partial charge in [-0.1, -0.05) is 63.1 Å². The number of rotatable bonds is 6. The van der Waals surface area contributed by atoms with E-state index in [9.17, 15) is 10.2 Å². The molecule has 0 aliphatic rings. The van der Waals surface area contributed by atoms with Crippen molar-refractivity contribution in [3.8, 4) is 11.5 Å². The molecule has 2 aromatic carbocycles. The summed E-state index contributed by atoms with van der Waals surface area (Å²) >= 11 is 0. The summed E-state index contributed by atoms with van der Waals surface area (Å²) in [5, 5.41) is 21.3. The molecule has 4 aromatic rings. The number of aryl methyl sites for hydroxylation is 2. The number of benzene rings is 2. The van der Waals surface area contributed by atoms with Crippen LogP contribution in [-0.2, 0) is 29.9 Å². The Labute approximate surface area is 194 Å². The Balaban J connectivity index is 0.000000213. The van der Waals surface area contributed by atoms with Gasteiger partial charge in [-0.05, 0) is 49.9 Å². The maximum Gasteiger partial charge on any atom is 0.141 e. The van der Waals surface area contributed by atoms with Gasteiger partial charge in [-0.15, -0.1) is 0 Å². The fourth-order valence-electron chi connectivity index (χ4n) is 3.34. The third-order valence-corrected chi connectivity index (χ3v) is 5.09. The second kappa shape index (κ2) is 12.3. The number of para-hydroxylation sites is 2. The van der Waals surface area contributed by atoms with Crippen molar-refractivity contribution in [3.63, 3.8) is 0 Å². The smallest absolute Gasteiger partial charge is 0.141 e. The van der Waals surface area contributed by atoms with Gasteiger partial charge in [0.1, 0.15) is 22.5 Å². The monoisotopic (exact) mass is 458 g/mol. The molecule has 0 atom stereocenters. The summed E-state index contributed by atoms with van der Waals surface area (Å²) in [6.07, 6.45) is 6.60. The van der Waals surface area contributed by atoms with E-state index >= 15 is 0 Å². The second-order valence-corrected chi connectivity index (χ2v) is 7.51. The summed E-state index contributed by atoms with van der Waals surface area (Å²) < 4.78 is 0. The molecule has 4 rings (SSSR count). The molecule has 164 valence electrons. The van der Waals surface area contributed by atoms with Crippen LogP contribution in [0.25, 0.3) is 21.8 Å². The van der Waals surface area contributed by atoms with Gasteiger partial charge in [-0.25, -0.2) is 9.97 Å². The maximum atomic E-state index is 9.66. The Morgan fingerprint density at radius 1 is 0.613 bits per heavy atom. The molecule has 31 heavy (non-hydrogen) atoms. The SMILES string of the molecule is CCCCc1ccc2cccc(O)c2n1.CCCCc1ccc2cccc(O)c2n1.[Fe]. The molecule has 0 fully saturated rings. The zero-order valence-electron chi connectivity index (χ0n) is 18.2. The van der Waals surface area contributed by atoms with E-state index in [0.717, 1.165) is 47.8 Å². The normalized spacial score (nSPS) is 10.4. The molecule has 2 aromatic heterocycles. The first-order valence-corrected chi connectivity index (χ1v) is 10.8. The predicted molar refractivity (Wildman–Crippen MR) is 124 cm³/mol. The molecule has 2 heterocycles. The van der Waals surface area contributed by atoms with Crippen LogP contribution in [0.2, 0.25) is 0 Å². The van der Waals surface area contributed by atoms with Crippen molar-refractivity contribution in [2.24, 2.45) is 0 Å². The van der Waals surface area contributed by atoms with Crippen LogP contribution in [-0.4, -0.2) is 20.2 Å². The number of nitrogens with zero attached hydrogens (tertiary/aromatic N) is 2. The van der Waals surface area contributed by atoms with Crippen LogP contribution in [0.4, 0.5) is 0 Å². The topological polar surface area (TPSA) is 66.2 Å². The molecular weight excluding hydrogens is 428 g/mol. The third kappa shape index (κ3) is 6.68. The quantitative estimate of drug-likeness (QED) is 0.321. The molecule has 0 saturated heterocycles. The van der Waals surface area contributed by atoms with E-state index in [4.69, 9.17) is 0 Å². The second-order valence-electron chi connectivity index (χ2n) is 7.51. The number of phenolic OH excluding ortho intramolecular Hbond substituents is 2. The number of phenols is 2. The molecule has 0 bridgehead atoms. The van der Waals surface area contributed by atoms with Gasteiger partial charge in [0, 0.05) is 39.2 Å². The molecule has 0 amide bonds. The van der Waals surface area contributed by atoms with Gasteiger partial charge in [0.25, 0.3) is 0 Å². The Hall–Kier alpha value is -2.62. The number of fused-ring (bicyclic) bond motifs is 2. The third-order valence-electron chi connectivity index (χ3n) is 5.09. The fourth-order valence-corrected chi connectivity index (χ4v) is 3.34. The zero-order chi connectivity index (χ0) is 21.3. The van der Waals surface area contributed by atoms with Crippen LogP contribution in [0.3, 0.4) is 0 Å². The molecule has 2 N–H and O–H groups in total. The van der Waals surface area contributed by atoms with Gasteiger partial charge in [-0.3, -0.25) is 0 Å². The minimum absolute atomic E-state index is 0. The molecule has 0 spiro atoms. The first-order valence-electron chi connectivity index (χ1n) is 10.8. The van der Waals surface area contributed by atoms with Crippen molar-refractivity contribution in [3.05, 3.63) is 72.1 Å². The average Bonchev–Trinajstić information content (AvgIpc) is 2.77. The number of pyridine rings is 2. The largest absolute Gasteiger partial charge is 0.506 e. The molecule has 0 saturated carbocycles. The molecular formula is C26H30FeN2O2. The van der Waals surface area contributed by atoms with Gasteiger partial charge in [0.05, 0.1) is 0 Å². The van der Waals surface area contributed by atoms with E-state index in [1.807, 2.05) is 48.5 Å². The molecule has 0 aliphatic heterocycles. The minimum Gasteiger partial charge on any atom is -0.506 e. The van der Waals surface area contributed by atoms with Crippen molar-refractivity contribution >= 4 is 21.8 Å². The summed E-state index contributed by atoms with van der Waals surface area (Å²) in [4.78, 5) is 8.92. The Kier molecular flexibility index (Phi) is 9.77. The van der Waals surface area contributed by atoms with Crippen LogP contribution in [0.5, 0.6) is 11.5 Å². The van der Waals surface area contributed by atoms with Crippen LogP contribution < -0.4 is 0 Å². The van der Waals surface area contributed by atoms with Crippen molar-refractivity contribution < 1.29 is 27.3 Å². The van der Waals surface area contributed by atoms with Gasteiger partial charge < -0.3 is 10.2 Å². The number of aromatic hydroxyl groups is 2. The Morgan fingerprint density at radius 3 is 1.42 bits per heavy atom. The number of hydrogen-bond donors (Lipinski definition) is 2. The molecule has 0 aliphatic carbocycles. The summed E-state index contributed by atoms with van der Waals surface area (Å²) in [6.45, 7) is 4.33. The van der Waals surface area contributed by atoms with Gasteiger partial charge in [-0.2, -0.15) is 0 Å². The van der Waals surface area contributed by atoms with Crippen molar-refractivity contribution in [2.45, 2.75) is 52.4 Å². The van der Waals surface area contributed by atoms with E-state index in [1.165, 1.54) is 12.8 Å². The van der Waals surface area contributed by atoms with Crippen molar-refractivity contribution in [1.29, 1.82) is 0 Å². The van der Waals surface area contributed by atoms with Gasteiger partial charge in [0.2, 0.25) is 0 Å². The standard InChI is InChI=1S/2C13H15NO.Fe/c2*1-2-3-6-11-9-8-10-5-4-7-12(15)13(10)14-11;/h2*4-5,7-9,15H,2-3,6H2,1H3;. The van der Waals surface area contributed by atoms with Crippen LogP contribution in [0, 0.1) is 0 Å². The van der Waals surface area contributed by atoms with E-state index in [0.29, 0.717) is 11.0 Å². The average molecular weight is 458 g/mol. The van der Waals surface area contributed by atoms with Gasteiger partial charge >= 0.3 is 0 Å². The van der Waals surface area contributed by atoms with E-state index in [2.05, 4.69) is 23.8 Å². The molecule has 0 radical (unpaired) electrons. The van der Waals surface area contributed by atoms with Crippen molar-refractivity contribution in [2.75, 3.05) is 0 Å². The van der Waals surface area contributed by atoms with Crippen molar-refractivity contribution in [1.82, 2.24) is 9.97 Å². The van der Waals surface area contributed by atoms with Crippen LogP contribution in [0.1, 0.15) is 50.9 Å². The van der Waals surface area contributed by atoms with E-state index < -0.39 is 0 Å². The Morgan fingerprint density at radius 2 is 1.03 bits per heavy atom. The molecule has 4 nitrogen and oxygen atoms in total. The molecule has 5 heteroatoms. The predicted octanol–water partition coefficient (Wildman–Crippen LogP) is 6.56. The maximum absolute atomic E-state index is 9.66. The fraction of sp³-hybridized carbons (Fsp3) is 0.308. The first kappa shape index (κ1) is 24.6. The van der Waals surface area contributed by atoms with E-state index in [1.54, 1.807) is 12.1 Å². The summed E-state index contributed by atoms with van der Waals surface area (Å²) in [5.74, 6) is 0.539. The molecule has 0 unspecified atom stereocenters. The zero-order valence-corrected chi connectivity index (χ0v) is 19.3. The summed E-state index contributed by atoms with van der Waals surface area (Å²) in [6, 6.07) is 19.1. The first-order chi connectivity index (χ1) is 14.6. The summed E-state index contributed by atoms with van der Waals surface area (Å²) in [5.41, 5.74) is 3.55. The Bertz CT molecular complexity index is 1030. The van der Waals surface area contributed by atoms with E-state index in [-0.39, 0.29) is 28.6 Å². The number of hydrogen-bond acceptors (Lipinski definition) is 4.